The predicted molar refractivity (Wildman–Crippen MR) is 89.9 cm³/mol. The monoisotopic (exact) mass is 381 g/mol. The number of nitrogens with one attached hydrogen (secondary N) is 1. The number of anilines is 1. The van der Waals surface area contributed by atoms with Gasteiger partial charge in [0.15, 0.2) is 0 Å². The molecule has 2 aromatic carbocycles. The molecule has 1 amide bonds. The predicted octanol–water partition coefficient (Wildman–Crippen LogP) is 4.62. The van der Waals surface area contributed by atoms with Crippen molar-refractivity contribution in [1.82, 2.24) is 0 Å². The fraction of sp³-hybridized carbons (Fsp3) is 0.125. The first-order valence-electron chi connectivity index (χ1n) is 6.55. The molecule has 0 unspecified atom stereocenters. The third kappa shape index (κ3) is 3.67. The molecular formula is C16H13BrClNO3. The lowest BCUT2D eigenvalue weighted by Crippen LogP contribution is -2.15. The number of halogens is 2. The second-order valence-electron chi connectivity index (χ2n) is 4.62. The average Bonchev–Trinajstić information content (AvgIpc) is 2.50. The second kappa shape index (κ2) is 6.94. The van der Waals surface area contributed by atoms with Crippen LogP contribution in [0.4, 0.5) is 5.69 Å². The maximum Gasteiger partial charge on any atom is 0.337 e. The zero-order valence-electron chi connectivity index (χ0n) is 11.7. The Balaban J connectivity index is 2.31. The molecule has 0 spiro atoms. The van der Waals surface area contributed by atoms with Crippen LogP contribution in [0.15, 0.2) is 40.9 Å². The number of aromatic carboxylic acids is 1. The fourth-order valence-electron chi connectivity index (χ4n) is 1.91. The van der Waals surface area contributed by atoms with Crippen molar-refractivity contribution in [3.8, 4) is 0 Å². The van der Waals surface area contributed by atoms with Gasteiger partial charge in [-0.2, -0.15) is 0 Å². The summed E-state index contributed by atoms with van der Waals surface area (Å²) in [4.78, 5) is 23.5. The number of hydrogen-bond acceptors (Lipinski definition) is 2. The minimum absolute atomic E-state index is 0.0326. The van der Waals surface area contributed by atoms with Gasteiger partial charge < -0.3 is 10.4 Å². The summed E-state index contributed by atoms with van der Waals surface area (Å²) in [6.45, 7) is 2.03. The Morgan fingerprint density at radius 3 is 2.41 bits per heavy atom. The van der Waals surface area contributed by atoms with E-state index in [1.165, 1.54) is 12.1 Å². The highest BCUT2D eigenvalue weighted by atomic mass is 79.9. The minimum atomic E-state index is -1.14. The SMILES string of the molecule is CCc1ccc(C(=O)Nc2cc(Cl)c(Br)cc2C(=O)O)cc1. The molecule has 0 aromatic heterocycles. The molecule has 0 heterocycles. The van der Waals surface area contributed by atoms with Crippen LogP contribution < -0.4 is 5.32 Å². The van der Waals surface area contributed by atoms with Crippen molar-refractivity contribution in [2.45, 2.75) is 13.3 Å². The molecule has 0 aliphatic rings. The molecule has 22 heavy (non-hydrogen) atoms. The van der Waals surface area contributed by atoms with E-state index >= 15 is 0 Å². The van der Waals surface area contributed by atoms with E-state index < -0.39 is 5.97 Å². The molecule has 0 atom stereocenters. The highest BCUT2D eigenvalue weighted by Gasteiger charge is 2.16. The fourth-order valence-corrected chi connectivity index (χ4v) is 2.42. The summed E-state index contributed by atoms with van der Waals surface area (Å²) in [5.41, 5.74) is 1.70. The molecule has 0 aliphatic heterocycles. The number of benzene rings is 2. The number of carboxylic acids is 1. The Hall–Kier alpha value is -1.85. The summed E-state index contributed by atoms with van der Waals surface area (Å²) in [6, 6.07) is 9.90. The number of carbonyl (C=O) groups is 2. The summed E-state index contributed by atoms with van der Waals surface area (Å²) in [5, 5.41) is 12.1. The molecule has 6 heteroatoms. The average molecular weight is 383 g/mol. The first kappa shape index (κ1) is 16.5. The van der Waals surface area contributed by atoms with Gasteiger partial charge in [-0.1, -0.05) is 30.7 Å². The first-order chi connectivity index (χ1) is 10.4. The molecular weight excluding hydrogens is 370 g/mol. The van der Waals surface area contributed by atoms with Gasteiger partial charge in [0.25, 0.3) is 5.91 Å². The molecule has 0 saturated heterocycles. The Morgan fingerprint density at radius 2 is 1.86 bits per heavy atom. The highest BCUT2D eigenvalue weighted by molar-refractivity contribution is 9.10. The lowest BCUT2D eigenvalue weighted by molar-refractivity contribution is 0.0698. The largest absolute Gasteiger partial charge is 0.478 e. The number of carboxylic acid groups (broad SMARTS) is 1. The van der Waals surface area contributed by atoms with E-state index in [2.05, 4.69) is 21.2 Å². The van der Waals surface area contributed by atoms with Gasteiger partial charge in [0, 0.05) is 10.0 Å². The van der Waals surface area contributed by atoms with E-state index in [1.54, 1.807) is 12.1 Å². The van der Waals surface area contributed by atoms with Crippen LogP contribution in [0.25, 0.3) is 0 Å². The quantitative estimate of drug-likeness (QED) is 0.811. The van der Waals surface area contributed by atoms with E-state index in [1.807, 2.05) is 19.1 Å². The minimum Gasteiger partial charge on any atom is -0.478 e. The van der Waals surface area contributed by atoms with Crippen molar-refractivity contribution in [3.63, 3.8) is 0 Å². The standard InChI is InChI=1S/C16H13BrClNO3/c1-2-9-3-5-10(6-4-9)15(20)19-14-8-13(18)12(17)7-11(14)16(21)22/h3-8H,2H2,1H3,(H,19,20)(H,21,22). The first-order valence-corrected chi connectivity index (χ1v) is 7.72. The van der Waals surface area contributed by atoms with Crippen LogP contribution in [-0.2, 0) is 6.42 Å². The van der Waals surface area contributed by atoms with E-state index in [-0.39, 0.29) is 17.2 Å². The van der Waals surface area contributed by atoms with E-state index in [0.717, 1.165) is 12.0 Å². The number of aryl methyl sites for hydroxylation is 1. The third-order valence-electron chi connectivity index (χ3n) is 3.16. The van der Waals surface area contributed by atoms with Gasteiger partial charge in [0.1, 0.15) is 0 Å². The maximum atomic E-state index is 12.2. The van der Waals surface area contributed by atoms with Crippen LogP contribution in [0.5, 0.6) is 0 Å². The Morgan fingerprint density at radius 1 is 1.23 bits per heavy atom. The van der Waals surface area contributed by atoms with E-state index in [9.17, 15) is 14.7 Å². The van der Waals surface area contributed by atoms with Crippen LogP contribution in [0.1, 0.15) is 33.2 Å². The number of carbonyl (C=O) groups excluding carboxylic acids is 1. The van der Waals surface area contributed by atoms with Gasteiger partial charge in [-0.3, -0.25) is 4.79 Å². The Bertz CT molecular complexity index is 729. The molecule has 2 N–H and O–H groups in total. The van der Waals surface area contributed by atoms with Gasteiger partial charge in [-0.05, 0) is 52.2 Å². The number of hydrogen-bond donors (Lipinski definition) is 2. The van der Waals surface area contributed by atoms with Crippen LogP contribution in [0.2, 0.25) is 5.02 Å². The summed E-state index contributed by atoms with van der Waals surface area (Å²) in [6.07, 6.45) is 0.882. The van der Waals surface area contributed by atoms with Crippen molar-refractivity contribution in [1.29, 1.82) is 0 Å². The summed E-state index contributed by atoms with van der Waals surface area (Å²) in [5.74, 6) is -1.53. The normalized spacial score (nSPS) is 10.3. The van der Waals surface area contributed by atoms with E-state index in [4.69, 9.17) is 11.6 Å². The molecule has 2 rings (SSSR count). The van der Waals surface area contributed by atoms with Crippen LogP contribution in [-0.4, -0.2) is 17.0 Å². The van der Waals surface area contributed by atoms with Crippen molar-refractivity contribution in [2.24, 2.45) is 0 Å². The maximum absolute atomic E-state index is 12.2. The van der Waals surface area contributed by atoms with Gasteiger partial charge in [0.2, 0.25) is 0 Å². The summed E-state index contributed by atoms with van der Waals surface area (Å²) in [7, 11) is 0. The van der Waals surface area contributed by atoms with Crippen molar-refractivity contribution >= 4 is 45.1 Å². The third-order valence-corrected chi connectivity index (χ3v) is 4.36. The zero-order valence-corrected chi connectivity index (χ0v) is 14.0. The van der Waals surface area contributed by atoms with Crippen molar-refractivity contribution < 1.29 is 14.7 Å². The van der Waals surface area contributed by atoms with E-state index in [0.29, 0.717) is 15.1 Å². The lowest BCUT2D eigenvalue weighted by atomic mass is 10.1. The zero-order chi connectivity index (χ0) is 16.3. The van der Waals surface area contributed by atoms with Crippen molar-refractivity contribution in [2.75, 3.05) is 5.32 Å². The smallest absolute Gasteiger partial charge is 0.337 e. The van der Waals surface area contributed by atoms with Crippen LogP contribution in [0, 0.1) is 0 Å². The summed E-state index contributed by atoms with van der Waals surface area (Å²) < 4.78 is 0.455. The highest BCUT2D eigenvalue weighted by Crippen LogP contribution is 2.29. The Labute approximate surface area is 141 Å². The second-order valence-corrected chi connectivity index (χ2v) is 5.88. The lowest BCUT2D eigenvalue weighted by Gasteiger charge is -2.10. The number of rotatable bonds is 4. The molecule has 0 radical (unpaired) electrons. The molecule has 114 valence electrons. The van der Waals surface area contributed by atoms with Crippen molar-refractivity contribution in [3.05, 3.63) is 62.6 Å². The Kier molecular flexibility index (Phi) is 5.21. The molecule has 0 bridgehead atoms. The van der Waals surface area contributed by atoms with Gasteiger partial charge in [-0.15, -0.1) is 0 Å². The molecule has 0 aliphatic carbocycles. The van der Waals surface area contributed by atoms with Gasteiger partial charge in [-0.25, -0.2) is 4.79 Å². The molecule has 4 nitrogen and oxygen atoms in total. The molecule has 0 fully saturated rings. The topological polar surface area (TPSA) is 66.4 Å². The van der Waals surface area contributed by atoms with Crippen LogP contribution in [0.3, 0.4) is 0 Å². The number of amides is 1. The van der Waals surface area contributed by atoms with Gasteiger partial charge in [0.05, 0.1) is 16.3 Å². The molecule has 0 saturated carbocycles. The molecule has 2 aromatic rings. The van der Waals surface area contributed by atoms with Crippen LogP contribution >= 0.6 is 27.5 Å². The van der Waals surface area contributed by atoms with Gasteiger partial charge >= 0.3 is 5.97 Å². The summed E-state index contributed by atoms with van der Waals surface area (Å²) >= 11 is 9.14.